The van der Waals surface area contributed by atoms with Gasteiger partial charge in [-0.1, -0.05) is 30.4 Å². The minimum absolute atomic E-state index is 0. The first-order valence-electron chi connectivity index (χ1n) is 6.81. The number of rotatable bonds is 5. The standard InChI is InChI=1S/C16H21N5.HI/c1-12(2)8-18-16(17)19-9-13-5-4-6-14(7-13)15-10-20-21(3)11-15;/h4-7,10-11H,1,8-9H2,2-3H3,(H3,17,18,19);1H. The van der Waals surface area contributed by atoms with E-state index >= 15 is 0 Å². The van der Waals surface area contributed by atoms with Crippen LogP contribution in [-0.2, 0) is 13.6 Å². The Morgan fingerprint density at radius 2 is 2.18 bits per heavy atom. The van der Waals surface area contributed by atoms with E-state index in [-0.39, 0.29) is 24.0 Å². The van der Waals surface area contributed by atoms with Crippen molar-refractivity contribution in [2.45, 2.75) is 13.5 Å². The number of benzene rings is 1. The first-order valence-corrected chi connectivity index (χ1v) is 6.81. The summed E-state index contributed by atoms with van der Waals surface area (Å²) in [4.78, 5) is 4.33. The highest BCUT2D eigenvalue weighted by atomic mass is 127. The molecule has 1 aromatic carbocycles. The number of nitrogens with one attached hydrogen (secondary N) is 1. The van der Waals surface area contributed by atoms with Gasteiger partial charge in [0.05, 0.1) is 12.7 Å². The van der Waals surface area contributed by atoms with E-state index in [2.05, 4.69) is 34.1 Å². The van der Waals surface area contributed by atoms with Gasteiger partial charge in [-0.2, -0.15) is 5.10 Å². The van der Waals surface area contributed by atoms with Gasteiger partial charge in [0.25, 0.3) is 0 Å². The summed E-state index contributed by atoms with van der Waals surface area (Å²) < 4.78 is 1.79. The second kappa shape index (κ2) is 8.57. The average molecular weight is 411 g/mol. The molecule has 0 fully saturated rings. The molecule has 0 saturated carbocycles. The number of hydrogen-bond donors (Lipinski definition) is 2. The molecule has 3 N–H and O–H groups in total. The van der Waals surface area contributed by atoms with Gasteiger partial charge in [0.2, 0.25) is 0 Å². The van der Waals surface area contributed by atoms with E-state index in [1.807, 2.05) is 38.5 Å². The third-order valence-electron chi connectivity index (χ3n) is 2.97. The number of nitrogens with zero attached hydrogens (tertiary/aromatic N) is 3. The van der Waals surface area contributed by atoms with Gasteiger partial charge in [-0.25, -0.2) is 4.99 Å². The molecule has 0 unspecified atom stereocenters. The predicted molar refractivity (Wildman–Crippen MR) is 102 cm³/mol. The maximum Gasteiger partial charge on any atom is 0.189 e. The zero-order chi connectivity index (χ0) is 15.2. The smallest absolute Gasteiger partial charge is 0.189 e. The van der Waals surface area contributed by atoms with Gasteiger partial charge < -0.3 is 11.1 Å². The molecule has 0 radical (unpaired) electrons. The Morgan fingerprint density at radius 3 is 2.82 bits per heavy atom. The zero-order valence-corrected chi connectivity index (χ0v) is 15.2. The van der Waals surface area contributed by atoms with E-state index in [1.54, 1.807) is 4.68 Å². The van der Waals surface area contributed by atoms with Gasteiger partial charge >= 0.3 is 0 Å². The highest BCUT2D eigenvalue weighted by Crippen LogP contribution is 2.19. The minimum Gasteiger partial charge on any atom is -0.370 e. The van der Waals surface area contributed by atoms with Crippen molar-refractivity contribution < 1.29 is 0 Å². The fraction of sp³-hybridized carbons (Fsp3) is 0.250. The Balaban J connectivity index is 0.00000242. The third kappa shape index (κ3) is 5.51. The van der Waals surface area contributed by atoms with E-state index < -0.39 is 0 Å². The van der Waals surface area contributed by atoms with Crippen LogP contribution >= 0.6 is 24.0 Å². The number of hydrogen-bond acceptors (Lipinski definition) is 2. The molecule has 0 bridgehead atoms. The van der Waals surface area contributed by atoms with Crippen LogP contribution in [0, 0.1) is 0 Å². The SMILES string of the molecule is C=C(C)CNC(N)=NCc1cccc(-c2cnn(C)c2)c1.I. The van der Waals surface area contributed by atoms with Crippen molar-refractivity contribution in [1.82, 2.24) is 15.1 Å². The van der Waals surface area contributed by atoms with Crippen molar-refractivity contribution in [1.29, 1.82) is 0 Å². The maximum atomic E-state index is 5.81. The van der Waals surface area contributed by atoms with Crippen LogP contribution in [0.1, 0.15) is 12.5 Å². The first kappa shape index (κ1) is 18.2. The maximum absolute atomic E-state index is 5.81. The molecule has 0 aliphatic heterocycles. The van der Waals surface area contributed by atoms with Crippen molar-refractivity contribution in [3.63, 3.8) is 0 Å². The highest BCUT2D eigenvalue weighted by molar-refractivity contribution is 14.0. The molecular weight excluding hydrogens is 389 g/mol. The summed E-state index contributed by atoms with van der Waals surface area (Å²) in [6.45, 7) is 6.94. The number of aliphatic imine (C=N–C) groups is 1. The van der Waals surface area contributed by atoms with E-state index in [0.29, 0.717) is 19.0 Å². The third-order valence-corrected chi connectivity index (χ3v) is 2.97. The van der Waals surface area contributed by atoms with Crippen LogP contribution in [0.2, 0.25) is 0 Å². The average Bonchev–Trinajstić information content (AvgIpc) is 2.90. The fourth-order valence-electron chi connectivity index (χ4n) is 1.89. The lowest BCUT2D eigenvalue weighted by atomic mass is 10.1. The van der Waals surface area contributed by atoms with Crippen molar-refractivity contribution in [3.8, 4) is 11.1 Å². The van der Waals surface area contributed by atoms with Gasteiger partial charge in [0, 0.05) is 25.4 Å². The molecule has 118 valence electrons. The molecule has 0 aliphatic rings. The lowest BCUT2D eigenvalue weighted by molar-refractivity contribution is 0.768. The van der Waals surface area contributed by atoms with Gasteiger partial charge in [-0.05, 0) is 24.1 Å². The van der Waals surface area contributed by atoms with Crippen LogP contribution < -0.4 is 11.1 Å². The monoisotopic (exact) mass is 411 g/mol. The van der Waals surface area contributed by atoms with Gasteiger partial charge in [-0.15, -0.1) is 24.0 Å². The molecule has 2 rings (SSSR count). The Kier molecular flexibility index (Phi) is 7.10. The number of nitrogens with two attached hydrogens (primary N) is 1. The largest absolute Gasteiger partial charge is 0.370 e. The predicted octanol–water partition coefficient (Wildman–Crippen LogP) is 2.69. The molecule has 0 atom stereocenters. The molecule has 6 heteroatoms. The molecular formula is C16H22IN5. The first-order chi connectivity index (χ1) is 10.0. The highest BCUT2D eigenvalue weighted by Gasteiger charge is 2.01. The molecule has 0 saturated heterocycles. The quantitative estimate of drug-likeness (QED) is 0.344. The van der Waals surface area contributed by atoms with Crippen LogP contribution in [0.4, 0.5) is 0 Å². The van der Waals surface area contributed by atoms with E-state index in [1.165, 1.54) is 0 Å². The summed E-state index contributed by atoms with van der Waals surface area (Å²) in [7, 11) is 1.91. The molecule has 5 nitrogen and oxygen atoms in total. The number of aromatic nitrogens is 2. The zero-order valence-electron chi connectivity index (χ0n) is 12.9. The summed E-state index contributed by atoms with van der Waals surface area (Å²) in [5.41, 5.74) is 10.2. The van der Waals surface area contributed by atoms with Gasteiger partial charge in [0.1, 0.15) is 0 Å². The van der Waals surface area contributed by atoms with E-state index in [0.717, 1.165) is 22.3 Å². The van der Waals surface area contributed by atoms with Crippen molar-refractivity contribution in [2.24, 2.45) is 17.8 Å². The minimum atomic E-state index is 0. The lowest BCUT2D eigenvalue weighted by Crippen LogP contribution is -2.32. The summed E-state index contributed by atoms with van der Waals surface area (Å²) in [6.07, 6.45) is 3.84. The molecule has 22 heavy (non-hydrogen) atoms. The summed E-state index contributed by atoms with van der Waals surface area (Å²) in [5, 5.41) is 7.21. The number of guanidine groups is 1. The summed E-state index contributed by atoms with van der Waals surface area (Å²) in [5.74, 6) is 0.435. The summed E-state index contributed by atoms with van der Waals surface area (Å²) >= 11 is 0. The Morgan fingerprint density at radius 1 is 1.41 bits per heavy atom. The Labute approximate surface area is 148 Å². The lowest BCUT2D eigenvalue weighted by Gasteiger charge is -2.05. The normalized spacial score (nSPS) is 10.9. The van der Waals surface area contributed by atoms with E-state index in [9.17, 15) is 0 Å². The Hall–Kier alpha value is -1.83. The van der Waals surface area contributed by atoms with Crippen LogP contribution in [0.3, 0.4) is 0 Å². The molecule has 2 aromatic rings. The number of halogens is 1. The Bertz CT molecular complexity index is 660. The second-order valence-electron chi connectivity index (χ2n) is 5.12. The van der Waals surface area contributed by atoms with Crippen molar-refractivity contribution in [3.05, 3.63) is 54.4 Å². The van der Waals surface area contributed by atoms with Gasteiger partial charge in [-0.3, -0.25) is 4.68 Å². The molecule has 0 aliphatic carbocycles. The van der Waals surface area contributed by atoms with Gasteiger partial charge in [0.15, 0.2) is 5.96 Å². The fourth-order valence-corrected chi connectivity index (χ4v) is 1.89. The van der Waals surface area contributed by atoms with Crippen LogP contribution in [0.5, 0.6) is 0 Å². The van der Waals surface area contributed by atoms with Crippen LogP contribution in [0.15, 0.2) is 53.8 Å². The van der Waals surface area contributed by atoms with Crippen molar-refractivity contribution in [2.75, 3.05) is 6.54 Å². The molecule has 1 aromatic heterocycles. The molecule has 1 heterocycles. The molecule has 0 spiro atoms. The van der Waals surface area contributed by atoms with Crippen molar-refractivity contribution >= 4 is 29.9 Å². The van der Waals surface area contributed by atoms with Crippen LogP contribution in [-0.4, -0.2) is 22.3 Å². The van der Waals surface area contributed by atoms with E-state index in [4.69, 9.17) is 5.73 Å². The second-order valence-corrected chi connectivity index (χ2v) is 5.12. The summed E-state index contributed by atoms with van der Waals surface area (Å²) in [6, 6.07) is 8.22. The topological polar surface area (TPSA) is 68.2 Å². The van der Waals surface area contributed by atoms with Crippen LogP contribution in [0.25, 0.3) is 11.1 Å². The molecule has 0 amide bonds. The number of aryl methyl sites for hydroxylation is 1.